The van der Waals surface area contributed by atoms with E-state index in [0.717, 1.165) is 0 Å². The van der Waals surface area contributed by atoms with E-state index in [1.165, 1.54) is 12.1 Å². The SMILES string of the molecule is CC(C)(C)NC(=O)c1cc(Cl)ccc1C[C@H](O)[C@@H](Cc1ccccc1F)NC(=O)OC(C)(C)C. The molecule has 34 heavy (non-hydrogen) atoms. The molecule has 8 heteroatoms. The van der Waals surface area contributed by atoms with Crippen molar-refractivity contribution in [2.75, 3.05) is 0 Å². The molecule has 2 rings (SSSR count). The second-order valence-electron chi connectivity index (χ2n) is 10.3. The van der Waals surface area contributed by atoms with Gasteiger partial charge in [0.1, 0.15) is 11.4 Å². The van der Waals surface area contributed by atoms with Gasteiger partial charge < -0.3 is 20.5 Å². The molecule has 0 aromatic heterocycles. The fourth-order valence-electron chi connectivity index (χ4n) is 3.36. The molecule has 186 valence electrons. The number of carbonyl (C=O) groups excluding carboxylic acids is 2. The summed E-state index contributed by atoms with van der Waals surface area (Å²) in [7, 11) is 0. The summed E-state index contributed by atoms with van der Waals surface area (Å²) < 4.78 is 19.7. The zero-order valence-electron chi connectivity index (χ0n) is 20.5. The van der Waals surface area contributed by atoms with Crippen molar-refractivity contribution in [3.63, 3.8) is 0 Å². The lowest BCUT2D eigenvalue weighted by Gasteiger charge is -2.28. The number of amides is 2. The number of alkyl carbamates (subject to hydrolysis) is 1. The number of aliphatic hydroxyl groups is 1. The third kappa shape index (κ3) is 8.95. The zero-order chi connectivity index (χ0) is 25.7. The molecule has 0 aliphatic rings. The molecular formula is C26H34ClFN2O4. The Bertz CT molecular complexity index is 1010. The Kier molecular flexibility index (Phi) is 9.08. The van der Waals surface area contributed by atoms with Crippen LogP contribution in [0.1, 0.15) is 63.0 Å². The van der Waals surface area contributed by atoms with Gasteiger partial charge in [-0.1, -0.05) is 35.9 Å². The summed E-state index contributed by atoms with van der Waals surface area (Å²) in [6, 6.07) is 10.1. The summed E-state index contributed by atoms with van der Waals surface area (Å²) in [5.74, 6) is -0.773. The van der Waals surface area contributed by atoms with E-state index >= 15 is 0 Å². The van der Waals surface area contributed by atoms with Crippen molar-refractivity contribution in [1.82, 2.24) is 10.6 Å². The molecule has 2 atom stereocenters. The van der Waals surface area contributed by atoms with Gasteiger partial charge in [0.2, 0.25) is 0 Å². The topological polar surface area (TPSA) is 87.7 Å². The van der Waals surface area contributed by atoms with Crippen LogP contribution in [0.2, 0.25) is 5.02 Å². The molecule has 0 aliphatic heterocycles. The quantitative estimate of drug-likeness (QED) is 0.505. The number of hydrogen-bond donors (Lipinski definition) is 3. The Hall–Kier alpha value is -2.64. The molecule has 0 radical (unpaired) electrons. The van der Waals surface area contributed by atoms with Gasteiger partial charge in [-0.3, -0.25) is 4.79 Å². The molecule has 0 aliphatic carbocycles. The van der Waals surface area contributed by atoms with E-state index in [0.29, 0.717) is 21.7 Å². The summed E-state index contributed by atoms with van der Waals surface area (Å²) in [6.45, 7) is 10.8. The second kappa shape index (κ2) is 11.2. The number of carbonyl (C=O) groups is 2. The molecule has 0 spiro atoms. The van der Waals surface area contributed by atoms with Crippen LogP contribution in [0.25, 0.3) is 0 Å². The minimum atomic E-state index is -1.14. The highest BCUT2D eigenvalue weighted by Crippen LogP contribution is 2.21. The largest absolute Gasteiger partial charge is 0.444 e. The lowest BCUT2D eigenvalue weighted by Crippen LogP contribution is -2.48. The highest BCUT2D eigenvalue weighted by atomic mass is 35.5. The number of aliphatic hydroxyl groups excluding tert-OH is 1. The molecule has 2 aromatic rings. The molecule has 0 unspecified atom stereocenters. The number of halogens is 2. The van der Waals surface area contributed by atoms with Gasteiger partial charge in [0.15, 0.2) is 0 Å². The highest BCUT2D eigenvalue weighted by Gasteiger charge is 2.28. The number of ether oxygens (including phenoxy) is 1. The molecule has 2 aromatic carbocycles. The predicted molar refractivity (Wildman–Crippen MR) is 132 cm³/mol. The van der Waals surface area contributed by atoms with Crippen LogP contribution in [-0.2, 0) is 17.6 Å². The molecule has 0 bridgehead atoms. The van der Waals surface area contributed by atoms with E-state index in [-0.39, 0.29) is 18.7 Å². The molecule has 3 N–H and O–H groups in total. The molecule has 6 nitrogen and oxygen atoms in total. The van der Waals surface area contributed by atoms with Crippen molar-refractivity contribution >= 4 is 23.6 Å². The number of rotatable bonds is 7. The van der Waals surface area contributed by atoms with Crippen LogP contribution in [-0.4, -0.2) is 40.4 Å². The van der Waals surface area contributed by atoms with Crippen LogP contribution in [0.4, 0.5) is 9.18 Å². The van der Waals surface area contributed by atoms with Crippen molar-refractivity contribution in [2.24, 2.45) is 0 Å². The van der Waals surface area contributed by atoms with Crippen LogP contribution in [0.3, 0.4) is 0 Å². The van der Waals surface area contributed by atoms with Crippen LogP contribution in [0.15, 0.2) is 42.5 Å². The third-order valence-electron chi connectivity index (χ3n) is 4.80. The van der Waals surface area contributed by atoms with Gasteiger partial charge in [-0.05, 0) is 77.3 Å². The van der Waals surface area contributed by atoms with Gasteiger partial charge in [-0.25, -0.2) is 9.18 Å². The molecule has 2 amide bonds. The first-order valence-corrected chi connectivity index (χ1v) is 11.5. The van der Waals surface area contributed by atoms with E-state index in [1.807, 2.05) is 20.8 Å². The highest BCUT2D eigenvalue weighted by molar-refractivity contribution is 6.31. The van der Waals surface area contributed by atoms with Gasteiger partial charge in [-0.15, -0.1) is 0 Å². The van der Waals surface area contributed by atoms with E-state index in [9.17, 15) is 19.1 Å². The summed E-state index contributed by atoms with van der Waals surface area (Å²) in [5.41, 5.74) is -0.0108. The number of hydrogen-bond acceptors (Lipinski definition) is 4. The van der Waals surface area contributed by atoms with Gasteiger partial charge in [-0.2, -0.15) is 0 Å². The molecule has 0 saturated carbocycles. The van der Waals surface area contributed by atoms with Crippen LogP contribution < -0.4 is 10.6 Å². The van der Waals surface area contributed by atoms with E-state index in [1.54, 1.807) is 51.1 Å². The van der Waals surface area contributed by atoms with Crippen LogP contribution >= 0.6 is 11.6 Å². The first kappa shape index (κ1) is 27.6. The predicted octanol–water partition coefficient (Wildman–Crippen LogP) is 5.05. The Morgan fingerprint density at radius 2 is 1.68 bits per heavy atom. The van der Waals surface area contributed by atoms with Gasteiger partial charge >= 0.3 is 6.09 Å². The maximum Gasteiger partial charge on any atom is 0.407 e. The van der Waals surface area contributed by atoms with Gasteiger partial charge in [0, 0.05) is 22.5 Å². The first-order valence-electron chi connectivity index (χ1n) is 11.2. The minimum Gasteiger partial charge on any atom is -0.444 e. The van der Waals surface area contributed by atoms with Crippen molar-refractivity contribution in [3.05, 3.63) is 70.0 Å². The molecule has 0 fully saturated rings. The standard InChI is InChI=1S/C26H34ClFN2O4/c1-25(2,3)30-23(32)19-15-18(27)12-11-16(19)14-22(31)21(29-24(33)34-26(4,5)6)13-17-9-7-8-10-20(17)28/h7-12,15,21-22,31H,13-14H2,1-6H3,(H,29,33)(H,30,32)/t21-,22+/m1/s1. The summed E-state index contributed by atoms with van der Waals surface area (Å²) in [4.78, 5) is 25.3. The molecular weight excluding hydrogens is 459 g/mol. The third-order valence-corrected chi connectivity index (χ3v) is 5.03. The Morgan fingerprint density at radius 3 is 2.26 bits per heavy atom. The number of nitrogens with one attached hydrogen (secondary N) is 2. The average Bonchev–Trinajstić information content (AvgIpc) is 2.67. The summed E-state index contributed by atoms with van der Waals surface area (Å²) in [6.07, 6.45) is -1.81. The monoisotopic (exact) mass is 492 g/mol. The maximum atomic E-state index is 14.3. The molecule has 0 heterocycles. The Labute approximate surface area is 205 Å². The lowest BCUT2D eigenvalue weighted by molar-refractivity contribution is 0.0421. The summed E-state index contributed by atoms with van der Waals surface area (Å²) in [5, 5.41) is 17.0. The normalized spacial score (nSPS) is 13.7. The van der Waals surface area contributed by atoms with E-state index < -0.39 is 35.2 Å². The summed E-state index contributed by atoms with van der Waals surface area (Å²) >= 11 is 6.13. The van der Waals surface area contributed by atoms with Gasteiger partial charge in [0.05, 0.1) is 12.1 Å². The smallest absolute Gasteiger partial charge is 0.407 e. The van der Waals surface area contributed by atoms with Crippen LogP contribution in [0, 0.1) is 5.82 Å². The minimum absolute atomic E-state index is 0.0268. The molecule has 0 saturated heterocycles. The van der Waals surface area contributed by atoms with E-state index in [2.05, 4.69) is 10.6 Å². The number of benzene rings is 2. The second-order valence-corrected chi connectivity index (χ2v) is 10.8. The van der Waals surface area contributed by atoms with Gasteiger partial charge in [0.25, 0.3) is 5.91 Å². The Morgan fingerprint density at radius 1 is 1.03 bits per heavy atom. The zero-order valence-corrected chi connectivity index (χ0v) is 21.3. The lowest BCUT2D eigenvalue weighted by atomic mass is 9.93. The van der Waals surface area contributed by atoms with Crippen molar-refractivity contribution in [1.29, 1.82) is 0 Å². The maximum absolute atomic E-state index is 14.3. The fourth-order valence-corrected chi connectivity index (χ4v) is 3.53. The van der Waals surface area contributed by atoms with Crippen LogP contribution in [0.5, 0.6) is 0 Å². The average molecular weight is 493 g/mol. The Balaban J connectivity index is 2.32. The van der Waals surface area contributed by atoms with Crippen molar-refractivity contribution in [3.8, 4) is 0 Å². The van der Waals surface area contributed by atoms with Crippen molar-refractivity contribution < 1.29 is 23.8 Å². The first-order chi connectivity index (χ1) is 15.6. The van der Waals surface area contributed by atoms with Crippen molar-refractivity contribution in [2.45, 2.75) is 77.7 Å². The fraction of sp³-hybridized carbons (Fsp3) is 0.462. The van der Waals surface area contributed by atoms with E-state index in [4.69, 9.17) is 16.3 Å².